The Labute approximate surface area is 437 Å². The quantitative estimate of drug-likeness (QED) is 0.0414. The number of hydroxylamine groups is 2. The molecule has 0 spiro atoms. The topological polar surface area (TPSA) is 269 Å². The SMILES string of the molecule is COCCC1(CCOC)C=C(C)c2cc3c(cc2N1CCCS(=O)(=O)[O-])OC(c1ccccc1)=C\C3=C/C=C/C=C/C1=[N+](CCCS(=O)(=O)[O-])c2ccc(S(=O)(=O)[O-])cc2C1(C)CCCC(=O)ON1C(=O)CCC1=O. The van der Waals surface area contributed by atoms with Gasteiger partial charge in [0.1, 0.15) is 28.2 Å². The first kappa shape index (κ1) is 56.6. The number of rotatable bonds is 24. The summed E-state index contributed by atoms with van der Waals surface area (Å²) in [5.41, 5.74) is 4.45. The van der Waals surface area contributed by atoms with Crippen molar-refractivity contribution >= 4 is 82.1 Å². The van der Waals surface area contributed by atoms with Crippen LogP contribution in [0, 0.1) is 0 Å². The molecule has 0 saturated carbocycles. The van der Waals surface area contributed by atoms with Gasteiger partial charge < -0.3 is 37.6 Å². The third-order valence-corrected chi connectivity index (χ3v) is 16.2. The number of hydrogen-bond acceptors (Lipinski definition) is 17. The standard InChI is InChI=1S/C53H61N3O16S3/c1-37-36-53(24-28-69-3,25-29-70-4)55(27-13-31-74(63,64)65)45-35-47-42(34-41(37)45)39(32-46(71-47)38-14-7-5-8-15-38)16-9-6-10-17-48-52(2,23-11-18-51(59)72-56-49(57)21-22-50(56)58)43-33-40(75(66,67)68)19-20-44(43)54(48)26-12-30-73(60,61)62/h5-10,14-17,19-20,32-36H,11-13,18,21-31H2,1-4H3,(H2-,60,61,62,63,64,65,66,67,68)/p-2. The molecular formula is C53H59N3O16S3-2. The Kier molecular flexibility index (Phi) is 17.7. The second-order valence-corrected chi connectivity index (χ2v) is 23.3. The van der Waals surface area contributed by atoms with Crippen LogP contribution in [0.3, 0.4) is 0 Å². The first-order valence-corrected chi connectivity index (χ1v) is 28.9. The highest BCUT2D eigenvalue weighted by Gasteiger charge is 2.48. The molecule has 75 heavy (non-hydrogen) atoms. The minimum atomic E-state index is -4.95. The van der Waals surface area contributed by atoms with Crippen LogP contribution in [-0.4, -0.2) is 130 Å². The van der Waals surface area contributed by atoms with E-state index < -0.39 is 75.5 Å². The summed E-state index contributed by atoms with van der Waals surface area (Å²) >= 11 is 0. The maximum absolute atomic E-state index is 12.9. The van der Waals surface area contributed by atoms with Gasteiger partial charge in [-0.25, -0.2) is 30.0 Å². The van der Waals surface area contributed by atoms with Gasteiger partial charge in [-0.15, -0.1) is 5.06 Å². The van der Waals surface area contributed by atoms with Gasteiger partial charge in [-0.05, 0) is 81.4 Å². The Morgan fingerprint density at radius 2 is 1.48 bits per heavy atom. The number of carbonyl (C=O) groups is 3. The monoisotopic (exact) mass is 1090 g/mol. The Balaban J connectivity index is 1.28. The van der Waals surface area contributed by atoms with E-state index >= 15 is 0 Å². The van der Waals surface area contributed by atoms with E-state index in [1.165, 1.54) is 12.1 Å². The second kappa shape index (κ2) is 23.4. The van der Waals surface area contributed by atoms with Gasteiger partial charge in [0.15, 0.2) is 5.71 Å². The van der Waals surface area contributed by atoms with E-state index in [1.54, 1.807) is 50.0 Å². The van der Waals surface area contributed by atoms with Crippen molar-refractivity contribution in [1.82, 2.24) is 5.06 Å². The van der Waals surface area contributed by atoms with Crippen molar-refractivity contribution in [3.8, 4) is 5.75 Å². The van der Waals surface area contributed by atoms with Crippen molar-refractivity contribution in [1.29, 1.82) is 0 Å². The number of carbonyl (C=O) groups excluding carboxylic acids is 3. The summed E-state index contributed by atoms with van der Waals surface area (Å²) in [6.45, 7) is 4.79. The molecule has 4 aliphatic heterocycles. The van der Waals surface area contributed by atoms with Gasteiger partial charge in [-0.2, -0.15) is 4.58 Å². The molecule has 1 unspecified atom stereocenters. The van der Waals surface area contributed by atoms with Crippen LogP contribution < -0.4 is 9.64 Å². The predicted octanol–water partition coefficient (Wildman–Crippen LogP) is 6.26. The van der Waals surface area contributed by atoms with Gasteiger partial charge in [0.05, 0.1) is 36.1 Å². The molecule has 19 nitrogen and oxygen atoms in total. The fourth-order valence-electron chi connectivity index (χ4n) is 10.2. The molecule has 0 aliphatic carbocycles. The second-order valence-electron chi connectivity index (χ2n) is 18.9. The summed E-state index contributed by atoms with van der Waals surface area (Å²) in [5, 5.41) is 0.447. The molecule has 7 rings (SSSR count). The first-order valence-electron chi connectivity index (χ1n) is 24.3. The number of benzene rings is 3. The first-order chi connectivity index (χ1) is 35.5. The predicted molar refractivity (Wildman–Crippen MR) is 275 cm³/mol. The van der Waals surface area contributed by atoms with E-state index in [0.29, 0.717) is 59.6 Å². The van der Waals surface area contributed by atoms with E-state index in [-0.39, 0.29) is 58.0 Å². The van der Waals surface area contributed by atoms with E-state index in [2.05, 4.69) is 11.0 Å². The maximum atomic E-state index is 12.9. The van der Waals surface area contributed by atoms with Crippen molar-refractivity contribution in [2.75, 3.05) is 56.9 Å². The number of hydrogen-bond donors (Lipinski definition) is 0. The lowest BCUT2D eigenvalue weighted by Gasteiger charge is -2.48. The van der Waals surface area contributed by atoms with Crippen LogP contribution in [0.4, 0.5) is 11.4 Å². The molecule has 22 heteroatoms. The summed E-state index contributed by atoms with van der Waals surface area (Å²) in [7, 11) is -10.9. The highest BCUT2D eigenvalue weighted by molar-refractivity contribution is 7.86. The Morgan fingerprint density at radius 1 is 0.813 bits per heavy atom. The number of anilines is 1. The van der Waals surface area contributed by atoms with Crippen LogP contribution in [0.15, 0.2) is 108 Å². The molecule has 402 valence electrons. The van der Waals surface area contributed by atoms with E-state index in [9.17, 15) is 53.3 Å². The van der Waals surface area contributed by atoms with Crippen molar-refractivity contribution in [2.45, 2.75) is 87.5 Å². The normalized spacial score (nSPS) is 19.2. The van der Waals surface area contributed by atoms with Gasteiger partial charge in [-0.3, -0.25) is 9.59 Å². The minimum absolute atomic E-state index is 0.000718. The highest BCUT2D eigenvalue weighted by atomic mass is 32.2. The third-order valence-electron chi connectivity index (χ3n) is 13.7. The summed E-state index contributed by atoms with van der Waals surface area (Å²) in [5.74, 6) is -2.32. The van der Waals surface area contributed by atoms with Gasteiger partial charge in [0.2, 0.25) is 5.69 Å². The van der Waals surface area contributed by atoms with Crippen LogP contribution in [0.1, 0.15) is 93.9 Å². The number of nitrogens with zero attached hydrogens (tertiary/aromatic N) is 3. The zero-order valence-electron chi connectivity index (χ0n) is 42.0. The van der Waals surface area contributed by atoms with Crippen LogP contribution in [0.5, 0.6) is 5.75 Å². The van der Waals surface area contributed by atoms with E-state index in [1.807, 2.05) is 61.5 Å². The van der Waals surface area contributed by atoms with Crippen molar-refractivity contribution in [3.63, 3.8) is 0 Å². The smallest absolute Gasteiger partial charge is 0.333 e. The Bertz CT molecular complexity index is 3230. The van der Waals surface area contributed by atoms with Crippen molar-refractivity contribution in [2.24, 2.45) is 0 Å². The lowest BCUT2D eigenvalue weighted by Crippen LogP contribution is -2.52. The van der Waals surface area contributed by atoms with E-state index in [0.717, 1.165) is 39.6 Å². The Hall–Kier alpha value is -6.11. The highest BCUT2D eigenvalue weighted by Crippen LogP contribution is 2.49. The van der Waals surface area contributed by atoms with Gasteiger partial charge >= 0.3 is 5.97 Å². The average Bonchev–Trinajstić information content (AvgIpc) is 3.78. The Morgan fingerprint density at radius 3 is 2.12 bits per heavy atom. The van der Waals surface area contributed by atoms with Crippen molar-refractivity contribution in [3.05, 3.63) is 125 Å². The molecule has 0 N–H and O–H groups in total. The minimum Gasteiger partial charge on any atom is -0.748 e. The molecule has 1 fully saturated rings. The molecule has 3 aromatic carbocycles. The number of ether oxygens (including phenoxy) is 3. The fraction of sp³-hybridized carbons (Fsp3) is 0.396. The molecular weight excluding hydrogens is 1030 g/mol. The largest absolute Gasteiger partial charge is 0.748 e. The third kappa shape index (κ3) is 13.5. The molecule has 0 bridgehead atoms. The number of fused-ring (bicyclic) bond motifs is 3. The molecule has 4 aliphatic rings. The van der Waals surface area contributed by atoms with Gasteiger partial charge in [-0.1, -0.05) is 60.7 Å². The molecule has 2 amide bonds. The lowest BCUT2D eigenvalue weighted by molar-refractivity contribution is -0.437. The van der Waals surface area contributed by atoms with E-state index in [4.69, 9.17) is 19.0 Å². The summed E-state index contributed by atoms with van der Waals surface area (Å²) < 4.78 is 127. The molecule has 0 radical (unpaired) electrons. The molecule has 3 aromatic rings. The van der Waals surface area contributed by atoms with Gasteiger partial charge in [0.25, 0.3) is 11.8 Å². The number of allylic oxidation sites excluding steroid dienone is 8. The number of methoxy groups -OCH3 is 2. The van der Waals surface area contributed by atoms with Crippen LogP contribution in [0.25, 0.3) is 16.9 Å². The summed E-state index contributed by atoms with van der Waals surface area (Å²) in [6.07, 6.45) is 13.8. The van der Waals surface area contributed by atoms with Crippen LogP contribution >= 0.6 is 0 Å². The maximum Gasteiger partial charge on any atom is 0.333 e. The summed E-state index contributed by atoms with van der Waals surface area (Å²) in [6, 6.07) is 17.3. The number of amides is 2. The van der Waals surface area contributed by atoms with Crippen molar-refractivity contribution < 1.29 is 76.9 Å². The number of imide groups is 1. The van der Waals surface area contributed by atoms with Gasteiger partial charge in [0, 0.05) is 117 Å². The lowest BCUT2D eigenvalue weighted by atomic mass is 9.75. The molecule has 4 heterocycles. The summed E-state index contributed by atoms with van der Waals surface area (Å²) in [4.78, 5) is 43.9. The van der Waals surface area contributed by atoms with Crippen LogP contribution in [0.2, 0.25) is 0 Å². The molecule has 1 atom stereocenters. The molecule has 0 aromatic heterocycles. The van der Waals surface area contributed by atoms with Crippen LogP contribution in [-0.2, 0) is 64.5 Å². The molecule has 1 saturated heterocycles. The average molecular weight is 1090 g/mol. The fourth-order valence-corrected chi connectivity index (χ4v) is 11.6. The zero-order valence-corrected chi connectivity index (χ0v) is 44.5. The zero-order chi connectivity index (χ0) is 54.3.